The summed E-state index contributed by atoms with van der Waals surface area (Å²) in [5.41, 5.74) is 5.22. The predicted octanol–water partition coefficient (Wildman–Crippen LogP) is 7.78. The van der Waals surface area contributed by atoms with Crippen LogP contribution in [0, 0.1) is 0 Å². The Hall–Kier alpha value is -4.26. The third-order valence-corrected chi connectivity index (χ3v) is 10.0. The number of ether oxygens (including phenoxy) is 8. The van der Waals surface area contributed by atoms with Crippen LogP contribution in [-0.2, 0) is 70.9 Å². The highest BCUT2D eigenvalue weighted by molar-refractivity contribution is 5.17. The molecule has 2 heterocycles. The molecule has 0 amide bonds. The minimum atomic E-state index is -1.05. The lowest BCUT2D eigenvalue weighted by molar-refractivity contribution is -0.303. The van der Waals surface area contributed by atoms with Crippen molar-refractivity contribution in [3.63, 3.8) is 0 Å². The van der Waals surface area contributed by atoms with Gasteiger partial charge in [-0.1, -0.05) is 152 Å². The second-order valence-electron chi connectivity index (χ2n) is 14.2. The third kappa shape index (κ3) is 12.1. The molecule has 56 heavy (non-hydrogen) atoms. The Morgan fingerprint density at radius 1 is 0.411 bits per heavy atom. The number of hydrogen-bond acceptors (Lipinski definition) is 9. The van der Waals surface area contributed by atoms with Crippen LogP contribution in [0.3, 0.4) is 0 Å². The van der Waals surface area contributed by atoms with Crippen molar-refractivity contribution in [2.24, 2.45) is 0 Å². The lowest BCUT2D eigenvalue weighted by Crippen LogP contribution is -2.55. The molecule has 2 saturated heterocycles. The summed E-state index contributed by atoms with van der Waals surface area (Å²) in [6.07, 6.45) is -4.01. The molecule has 294 valence electrons. The fourth-order valence-electron chi connectivity index (χ4n) is 7.09. The molecule has 0 spiro atoms. The smallest absolute Gasteiger partial charge is 0.160 e. The Morgan fingerprint density at radius 2 is 0.786 bits per heavy atom. The molecule has 0 radical (unpaired) electrons. The Morgan fingerprint density at radius 3 is 1.23 bits per heavy atom. The van der Waals surface area contributed by atoms with Gasteiger partial charge in [0.05, 0.1) is 58.5 Å². The second-order valence-corrected chi connectivity index (χ2v) is 14.2. The monoisotopic (exact) mass is 760 g/mol. The van der Waals surface area contributed by atoms with Crippen LogP contribution in [0.4, 0.5) is 0 Å². The van der Waals surface area contributed by atoms with Crippen LogP contribution in [0.15, 0.2) is 152 Å². The summed E-state index contributed by atoms with van der Waals surface area (Å²) >= 11 is 0. The van der Waals surface area contributed by atoms with Crippen molar-refractivity contribution >= 4 is 0 Å². The van der Waals surface area contributed by atoms with Gasteiger partial charge in [0.1, 0.15) is 24.4 Å². The van der Waals surface area contributed by atoms with E-state index < -0.39 is 43.1 Å². The largest absolute Gasteiger partial charge is 0.374 e. The van der Waals surface area contributed by atoms with Gasteiger partial charge in [0.25, 0.3) is 0 Å². The standard InChI is InChI=1S/C47H52O9/c48-44-26-40(50-29-36-18-8-2-9-19-36)46(53-31-38-22-12-4-13-23-38)43(55-44)34-52-45-27-41(51-30-37-20-10-3-11-21-37)47(54-32-39-24-14-5-15-25-39)42(56-45)33-49-28-35-16-6-1-7-17-35/h1-25,40-48H,26-34H2/t40-,41-,42-,43-,44+,45-,46+,47-/m1/s1. The van der Waals surface area contributed by atoms with Crippen molar-refractivity contribution in [1.29, 1.82) is 0 Å². The van der Waals surface area contributed by atoms with E-state index >= 15 is 0 Å². The van der Waals surface area contributed by atoms with E-state index in [9.17, 15) is 5.11 Å². The molecule has 2 aliphatic heterocycles. The molecule has 8 atom stereocenters. The van der Waals surface area contributed by atoms with Crippen molar-refractivity contribution < 1.29 is 43.0 Å². The van der Waals surface area contributed by atoms with Crippen LogP contribution in [0.2, 0.25) is 0 Å². The summed E-state index contributed by atoms with van der Waals surface area (Å²) in [4.78, 5) is 0. The quantitative estimate of drug-likeness (QED) is 0.0906. The average Bonchev–Trinajstić information content (AvgIpc) is 3.25. The molecule has 9 heteroatoms. The van der Waals surface area contributed by atoms with Crippen LogP contribution in [0.25, 0.3) is 0 Å². The maximum absolute atomic E-state index is 10.9. The van der Waals surface area contributed by atoms with Gasteiger partial charge in [-0.25, -0.2) is 0 Å². The molecule has 7 rings (SSSR count). The summed E-state index contributed by atoms with van der Waals surface area (Å²) < 4.78 is 51.9. The minimum Gasteiger partial charge on any atom is -0.374 e. The number of benzene rings is 5. The van der Waals surface area contributed by atoms with Crippen LogP contribution < -0.4 is 0 Å². The van der Waals surface area contributed by atoms with E-state index in [1.54, 1.807) is 0 Å². The van der Waals surface area contributed by atoms with E-state index in [4.69, 9.17) is 37.9 Å². The summed E-state index contributed by atoms with van der Waals surface area (Å²) in [5, 5.41) is 10.9. The van der Waals surface area contributed by atoms with E-state index in [0.717, 1.165) is 27.8 Å². The third-order valence-electron chi connectivity index (χ3n) is 10.0. The molecule has 1 N–H and O–H groups in total. The van der Waals surface area contributed by atoms with Gasteiger partial charge in [-0.05, 0) is 27.8 Å². The molecule has 0 saturated carbocycles. The van der Waals surface area contributed by atoms with Gasteiger partial charge in [0, 0.05) is 12.8 Å². The molecule has 9 nitrogen and oxygen atoms in total. The zero-order chi connectivity index (χ0) is 38.2. The van der Waals surface area contributed by atoms with Crippen LogP contribution in [0.1, 0.15) is 40.7 Å². The first-order valence-corrected chi connectivity index (χ1v) is 19.5. The highest BCUT2D eigenvalue weighted by atomic mass is 16.7. The van der Waals surface area contributed by atoms with Gasteiger partial charge >= 0.3 is 0 Å². The van der Waals surface area contributed by atoms with Gasteiger partial charge in [-0.3, -0.25) is 0 Å². The van der Waals surface area contributed by atoms with Gasteiger partial charge in [-0.15, -0.1) is 0 Å². The normalized spacial score (nSPS) is 25.2. The molecule has 0 aromatic heterocycles. The first kappa shape index (κ1) is 40.0. The van der Waals surface area contributed by atoms with Crippen molar-refractivity contribution in [1.82, 2.24) is 0 Å². The van der Waals surface area contributed by atoms with Crippen molar-refractivity contribution in [3.05, 3.63) is 179 Å². The predicted molar refractivity (Wildman–Crippen MR) is 211 cm³/mol. The van der Waals surface area contributed by atoms with Gasteiger partial charge in [0.15, 0.2) is 12.6 Å². The Labute approximate surface area is 330 Å². The van der Waals surface area contributed by atoms with Gasteiger partial charge in [-0.2, -0.15) is 0 Å². The molecule has 2 fully saturated rings. The number of aliphatic hydroxyl groups is 1. The molecule has 0 aliphatic carbocycles. The highest BCUT2D eigenvalue weighted by Gasteiger charge is 2.44. The Kier molecular flexibility index (Phi) is 15.2. The fraction of sp³-hybridized carbons (Fsp3) is 0.362. The molecule has 5 aromatic carbocycles. The fourth-order valence-corrected chi connectivity index (χ4v) is 7.09. The zero-order valence-electron chi connectivity index (χ0n) is 31.6. The molecular formula is C47H52O9. The summed E-state index contributed by atoms with van der Waals surface area (Å²) in [6.45, 7) is 2.28. The van der Waals surface area contributed by atoms with E-state index in [2.05, 4.69) is 0 Å². The summed E-state index contributed by atoms with van der Waals surface area (Å²) in [5.74, 6) is 0. The van der Waals surface area contributed by atoms with Crippen LogP contribution in [-0.4, -0.2) is 67.5 Å². The van der Waals surface area contributed by atoms with Gasteiger partial charge in [0.2, 0.25) is 0 Å². The lowest BCUT2D eigenvalue weighted by Gasteiger charge is -2.43. The minimum absolute atomic E-state index is 0.0882. The number of hydrogen-bond donors (Lipinski definition) is 1. The zero-order valence-corrected chi connectivity index (χ0v) is 31.6. The molecule has 0 unspecified atom stereocenters. The topological polar surface area (TPSA) is 94.1 Å². The maximum Gasteiger partial charge on any atom is 0.160 e. The molecule has 5 aromatic rings. The van der Waals surface area contributed by atoms with Crippen molar-refractivity contribution in [2.45, 2.75) is 95.1 Å². The molecule has 0 bridgehead atoms. The Balaban J connectivity index is 1.08. The van der Waals surface area contributed by atoms with Gasteiger partial charge < -0.3 is 43.0 Å². The average molecular weight is 761 g/mol. The second kappa shape index (κ2) is 21.3. The number of aliphatic hydroxyl groups excluding tert-OH is 1. The Bertz CT molecular complexity index is 1800. The summed E-state index contributed by atoms with van der Waals surface area (Å²) in [7, 11) is 0. The van der Waals surface area contributed by atoms with Crippen LogP contribution in [0.5, 0.6) is 0 Å². The van der Waals surface area contributed by atoms with Crippen LogP contribution >= 0.6 is 0 Å². The van der Waals surface area contributed by atoms with E-state index in [1.807, 2.05) is 152 Å². The summed E-state index contributed by atoms with van der Waals surface area (Å²) in [6, 6.07) is 50.2. The first-order valence-electron chi connectivity index (χ1n) is 19.5. The van der Waals surface area contributed by atoms with E-state index in [1.165, 1.54) is 0 Å². The van der Waals surface area contributed by atoms with Crippen molar-refractivity contribution in [2.75, 3.05) is 13.2 Å². The highest BCUT2D eigenvalue weighted by Crippen LogP contribution is 2.31. The van der Waals surface area contributed by atoms with E-state index in [0.29, 0.717) is 39.5 Å². The molecular weight excluding hydrogens is 709 g/mol. The van der Waals surface area contributed by atoms with E-state index in [-0.39, 0.29) is 25.7 Å². The maximum atomic E-state index is 10.9. The van der Waals surface area contributed by atoms with Crippen molar-refractivity contribution in [3.8, 4) is 0 Å². The first-order chi connectivity index (χ1) is 27.7. The SMILES string of the molecule is O[C@@H]1C[C@@H](OCc2ccccc2)[C@H](OCc2ccccc2)[C@@H](CO[C@H]2C[C@@H](OCc3ccccc3)[C@@H](OCc3ccccc3)[C@@H](COCc3ccccc3)O2)O1. The number of rotatable bonds is 19. The lowest BCUT2D eigenvalue weighted by atomic mass is 10.00. The molecule has 2 aliphatic rings.